The number of nitrogens with two attached hydrogens (primary N) is 1. The molecule has 5 heteroatoms. The highest BCUT2D eigenvalue weighted by Gasteiger charge is 2.17. The molecular weight excluding hydrogens is 310 g/mol. The van der Waals surface area contributed by atoms with E-state index in [0.29, 0.717) is 28.1 Å². The molecule has 1 atom stereocenters. The van der Waals surface area contributed by atoms with Crippen molar-refractivity contribution in [1.82, 2.24) is 0 Å². The third-order valence-corrected chi connectivity index (χ3v) is 3.94. The Morgan fingerprint density at radius 3 is 2.42 bits per heavy atom. The standard InChI is InChI=1S/C19H22F2N2O/c1-10(2)19(22)15-9-14(24)5-6-17(15)23-12(4)18-11(3)7-13(20)8-16(18)21/h5-9,12,23-24H,22H2,1-4H3/t12-/m1/s1. The predicted octanol–water partition coefficient (Wildman–Crippen LogP) is 4.86. The molecule has 3 nitrogen and oxygen atoms in total. The van der Waals surface area contributed by atoms with Crippen molar-refractivity contribution in [3.63, 3.8) is 0 Å². The number of aromatic hydroxyl groups is 1. The molecule has 2 aromatic rings. The number of hydrogen-bond acceptors (Lipinski definition) is 3. The maximum absolute atomic E-state index is 14.2. The molecule has 0 saturated heterocycles. The van der Waals surface area contributed by atoms with Gasteiger partial charge in [-0.1, -0.05) is 5.57 Å². The molecule has 0 aromatic heterocycles. The van der Waals surface area contributed by atoms with Crippen LogP contribution in [0, 0.1) is 18.6 Å². The lowest BCUT2D eigenvalue weighted by Crippen LogP contribution is -2.13. The number of benzene rings is 2. The largest absolute Gasteiger partial charge is 0.508 e. The molecule has 0 aliphatic heterocycles. The van der Waals surface area contributed by atoms with Crippen LogP contribution in [-0.2, 0) is 0 Å². The molecule has 2 rings (SSSR count). The lowest BCUT2D eigenvalue weighted by atomic mass is 10.00. The first-order valence-electron chi connectivity index (χ1n) is 7.69. The molecule has 128 valence electrons. The Labute approximate surface area is 140 Å². The van der Waals surface area contributed by atoms with Gasteiger partial charge in [0.25, 0.3) is 0 Å². The van der Waals surface area contributed by atoms with E-state index in [0.717, 1.165) is 11.6 Å². The Kier molecular flexibility index (Phi) is 5.12. The average molecular weight is 332 g/mol. The van der Waals surface area contributed by atoms with Crippen LogP contribution < -0.4 is 11.1 Å². The summed E-state index contributed by atoms with van der Waals surface area (Å²) in [6, 6.07) is 6.56. The van der Waals surface area contributed by atoms with Crippen molar-refractivity contribution in [3.8, 4) is 5.75 Å². The van der Waals surface area contributed by atoms with E-state index in [1.165, 1.54) is 12.1 Å². The first kappa shape index (κ1) is 17.8. The van der Waals surface area contributed by atoms with Crippen LogP contribution >= 0.6 is 0 Å². The number of phenolic OH excluding ortho intramolecular Hbond substituents is 1. The van der Waals surface area contributed by atoms with Crippen LogP contribution in [0.5, 0.6) is 5.75 Å². The second kappa shape index (κ2) is 6.91. The van der Waals surface area contributed by atoms with Gasteiger partial charge in [-0.25, -0.2) is 8.78 Å². The summed E-state index contributed by atoms with van der Waals surface area (Å²) in [5, 5.41) is 12.9. The van der Waals surface area contributed by atoms with Crippen LogP contribution in [0.2, 0.25) is 0 Å². The summed E-state index contributed by atoms with van der Waals surface area (Å²) in [5.74, 6) is -1.10. The topological polar surface area (TPSA) is 58.3 Å². The van der Waals surface area contributed by atoms with Gasteiger partial charge in [-0.15, -0.1) is 0 Å². The predicted molar refractivity (Wildman–Crippen MR) is 93.7 cm³/mol. The van der Waals surface area contributed by atoms with Gasteiger partial charge in [0.15, 0.2) is 0 Å². The minimum Gasteiger partial charge on any atom is -0.508 e. The quantitative estimate of drug-likeness (QED) is 0.701. The van der Waals surface area contributed by atoms with Crippen molar-refractivity contribution in [2.45, 2.75) is 33.7 Å². The van der Waals surface area contributed by atoms with E-state index in [1.54, 1.807) is 26.0 Å². The van der Waals surface area contributed by atoms with Gasteiger partial charge in [0, 0.05) is 28.6 Å². The fraction of sp³-hybridized carbons (Fsp3) is 0.263. The first-order valence-corrected chi connectivity index (χ1v) is 7.69. The number of rotatable bonds is 4. The van der Waals surface area contributed by atoms with Gasteiger partial charge < -0.3 is 16.2 Å². The molecule has 0 heterocycles. The number of phenols is 1. The van der Waals surface area contributed by atoms with Crippen molar-refractivity contribution in [2.24, 2.45) is 5.73 Å². The molecular formula is C19H22F2N2O. The summed E-state index contributed by atoms with van der Waals surface area (Å²) < 4.78 is 27.5. The number of anilines is 1. The van der Waals surface area contributed by atoms with Gasteiger partial charge in [0.1, 0.15) is 17.4 Å². The molecule has 0 radical (unpaired) electrons. The smallest absolute Gasteiger partial charge is 0.131 e. The SMILES string of the molecule is CC(C)=C(N)c1cc(O)ccc1N[C@H](C)c1c(C)cc(F)cc1F. The summed E-state index contributed by atoms with van der Waals surface area (Å²) in [4.78, 5) is 0. The van der Waals surface area contributed by atoms with Crippen molar-refractivity contribution >= 4 is 11.4 Å². The van der Waals surface area contributed by atoms with E-state index in [2.05, 4.69) is 5.32 Å². The van der Waals surface area contributed by atoms with Crippen LogP contribution in [0.1, 0.15) is 43.5 Å². The minimum absolute atomic E-state index is 0.0940. The number of aryl methyl sites for hydroxylation is 1. The zero-order valence-corrected chi connectivity index (χ0v) is 14.2. The number of hydrogen-bond donors (Lipinski definition) is 3. The molecule has 0 aliphatic rings. The number of allylic oxidation sites excluding steroid dienone is 1. The summed E-state index contributed by atoms with van der Waals surface area (Å²) in [6.07, 6.45) is 0. The maximum Gasteiger partial charge on any atom is 0.131 e. The van der Waals surface area contributed by atoms with Crippen LogP contribution in [0.25, 0.3) is 5.70 Å². The summed E-state index contributed by atoms with van der Waals surface area (Å²) >= 11 is 0. The fourth-order valence-corrected chi connectivity index (χ4v) is 2.72. The van der Waals surface area contributed by atoms with Crippen LogP contribution in [0.15, 0.2) is 35.9 Å². The van der Waals surface area contributed by atoms with Gasteiger partial charge in [-0.05, 0) is 57.5 Å². The molecule has 0 saturated carbocycles. The highest BCUT2D eigenvalue weighted by Crippen LogP contribution is 2.31. The average Bonchev–Trinajstić information content (AvgIpc) is 2.47. The molecule has 0 unspecified atom stereocenters. The lowest BCUT2D eigenvalue weighted by Gasteiger charge is -2.21. The second-order valence-corrected chi connectivity index (χ2v) is 6.13. The highest BCUT2D eigenvalue weighted by molar-refractivity contribution is 5.77. The summed E-state index contributed by atoms with van der Waals surface area (Å²) in [5.41, 5.74) is 9.78. The Morgan fingerprint density at radius 1 is 1.17 bits per heavy atom. The molecule has 0 bridgehead atoms. The molecule has 2 aromatic carbocycles. The van der Waals surface area contributed by atoms with E-state index in [9.17, 15) is 13.9 Å². The third kappa shape index (κ3) is 3.67. The zero-order chi connectivity index (χ0) is 18.0. The first-order chi connectivity index (χ1) is 11.2. The Bertz CT molecular complexity index is 773. The summed E-state index contributed by atoms with van der Waals surface area (Å²) in [7, 11) is 0. The number of halogens is 2. The van der Waals surface area contributed by atoms with Crippen molar-refractivity contribution in [1.29, 1.82) is 0 Å². The van der Waals surface area contributed by atoms with E-state index >= 15 is 0 Å². The molecule has 0 fully saturated rings. The second-order valence-electron chi connectivity index (χ2n) is 6.13. The van der Waals surface area contributed by atoms with E-state index < -0.39 is 17.7 Å². The maximum atomic E-state index is 14.2. The molecule has 4 N–H and O–H groups in total. The van der Waals surface area contributed by atoms with Crippen LogP contribution in [-0.4, -0.2) is 5.11 Å². The highest BCUT2D eigenvalue weighted by atomic mass is 19.1. The lowest BCUT2D eigenvalue weighted by molar-refractivity contribution is 0.475. The zero-order valence-electron chi connectivity index (χ0n) is 14.2. The normalized spacial score (nSPS) is 11.9. The van der Waals surface area contributed by atoms with Crippen LogP contribution in [0.3, 0.4) is 0 Å². The number of nitrogens with one attached hydrogen (secondary N) is 1. The van der Waals surface area contributed by atoms with Gasteiger partial charge >= 0.3 is 0 Å². The molecule has 0 spiro atoms. The monoisotopic (exact) mass is 332 g/mol. The van der Waals surface area contributed by atoms with Crippen molar-refractivity contribution < 1.29 is 13.9 Å². The molecule has 24 heavy (non-hydrogen) atoms. The van der Waals surface area contributed by atoms with Crippen LogP contribution in [0.4, 0.5) is 14.5 Å². The van der Waals surface area contributed by atoms with Crippen molar-refractivity contribution in [3.05, 3.63) is 64.2 Å². The van der Waals surface area contributed by atoms with Gasteiger partial charge in [0.05, 0.1) is 6.04 Å². The fourth-order valence-electron chi connectivity index (χ4n) is 2.72. The van der Waals surface area contributed by atoms with E-state index in [1.807, 2.05) is 13.8 Å². The molecule has 0 aliphatic carbocycles. The third-order valence-electron chi connectivity index (χ3n) is 3.94. The Hall–Kier alpha value is -2.56. The van der Waals surface area contributed by atoms with Gasteiger partial charge in [0.2, 0.25) is 0 Å². The Balaban J connectivity index is 2.44. The Morgan fingerprint density at radius 2 is 1.83 bits per heavy atom. The van der Waals surface area contributed by atoms with Crippen molar-refractivity contribution in [2.75, 3.05) is 5.32 Å². The molecule has 0 amide bonds. The minimum atomic E-state index is -0.597. The van der Waals surface area contributed by atoms with E-state index in [-0.39, 0.29) is 5.75 Å². The van der Waals surface area contributed by atoms with E-state index in [4.69, 9.17) is 5.73 Å². The van der Waals surface area contributed by atoms with Gasteiger partial charge in [-0.2, -0.15) is 0 Å². The van der Waals surface area contributed by atoms with Gasteiger partial charge in [-0.3, -0.25) is 0 Å². The summed E-state index contributed by atoms with van der Waals surface area (Å²) in [6.45, 7) is 7.20.